The molecule has 0 spiro atoms. The molecule has 0 amide bonds. The molecular formula is C15H24IN3O. The molecule has 4 nitrogen and oxygen atoms in total. The van der Waals surface area contributed by atoms with E-state index in [1.807, 2.05) is 7.05 Å². The molecule has 1 aliphatic rings. The second-order valence-corrected chi connectivity index (χ2v) is 6.37. The van der Waals surface area contributed by atoms with Crippen LogP contribution in [0.2, 0.25) is 0 Å². The summed E-state index contributed by atoms with van der Waals surface area (Å²) in [7, 11) is 1.92. The first-order chi connectivity index (χ1) is 9.66. The van der Waals surface area contributed by atoms with E-state index in [-0.39, 0.29) is 5.60 Å². The van der Waals surface area contributed by atoms with E-state index in [9.17, 15) is 0 Å². The third kappa shape index (κ3) is 3.08. The number of aryl methyl sites for hydroxylation is 1. The van der Waals surface area contributed by atoms with Gasteiger partial charge in [0.2, 0.25) is 0 Å². The summed E-state index contributed by atoms with van der Waals surface area (Å²) in [5.74, 6) is 1.81. The van der Waals surface area contributed by atoms with Crippen molar-refractivity contribution in [2.24, 2.45) is 0 Å². The summed E-state index contributed by atoms with van der Waals surface area (Å²) in [5.41, 5.74) is 0.890. The Hall–Kier alpha value is -0.430. The van der Waals surface area contributed by atoms with Gasteiger partial charge in [-0.2, -0.15) is 0 Å². The molecule has 0 unspecified atom stereocenters. The molecule has 0 aromatic carbocycles. The van der Waals surface area contributed by atoms with E-state index >= 15 is 0 Å². The smallest absolute Gasteiger partial charge is 0.162 e. The maximum atomic E-state index is 6.09. The van der Waals surface area contributed by atoms with Gasteiger partial charge in [0.1, 0.15) is 11.4 Å². The second kappa shape index (κ2) is 7.02. The minimum Gasteiger partial charge on any atom is -0.372 e. The molecule has 0 bridgehead atoms. The predicted octanol–water partition coefficient (Wildman–Crippen LogP) is 3.88. The molecule has 20 heavy (non-hydrogen) atoms. The number of halogens is 1. The van der Waals surface area contributed by atoms with Crippen molar-refractivity contribution in [3.05, 3.63) is 15.1 Å². The van der Waals surface area contributed by atoms with Crippen molar-refractivity contribution in [2.75, 3.05) is 19.0 Å². The highest BCUT2D eigenvalue weighted by Crippen LogP contribution is 2.41. The van der Waals surface area contributed by atoms with Crippen molar-refractivity contribution in [1.82, 2.24) is 9.97 Å². The molecule has 112 valence electrons. The van der Waals surface area contributed by atoms with Gasteiger partial charge in [-0.25, -0.2) is 9.97 Å². The minimum absolute atomic E-state index is 0.257. The van der Waals surface area contributed by atoms with Crippen LogP contribution in [0.3, 0.4) is 0 Å². The minimum atomic E-state index is -0.257. The van der Waals surface area contributed by atoms with E-state index in [1.54, 1.807) is 0 Å². The summed E-state index contributed by atoms with van der Waals surface area (Å²) in [5, 5.41) is 3.20. The molecule has 1 aromatic rings. The van der Waals surface area contributed by atoms with Gasteiger partial charge in [-0.3, -0.25) is 0 Å². The number of ether oxygens (including phenoxy) is 1. The fourth-order valence-electron chi connectivity index (χ4n) is 2.92. The fraction of sp³-hybridized carbons (Fsp3) is 0.733. The van der Waals surface area contributed by atoms with E-state index in [0.717, 1.165) is 46.6 Å². The molecule has 1 heterocycles. The zero-order valence-electron chi connectivity index (χ0n) is 12.6. The highest BCUT2D eigenvalue weighted by Gasteiger charge is 2.40. The number of anilines is 1. The van der Waals surface area contributed by atoms with Crippen molar-refractivity contribution >= 4 is 28.4 Å². The second-order valence-electron chi connectivity index (χ2n) is 5.29. The monoisotopic (exact) mass is 389 g/mol. The highest BCUT2D eigenvalue weighted by atomic mass is 127. The number of hydrogen-bond donors (Lipinski definition) is 1. The van der Waals surface area contributed by atoms with Gasteiger partial charge < -0.3 is 10.1 Å². The number of rotatable bonds is 6. The zero-order chi connectivity index (χ0) is 14.6. The van der Waals surface area contributed by atoms with Gasteiger partial charge in [0.05, 0.1) is 9.26 Å². The first kappa shape index (κ1) is 15.9. The van der Waals surface area contributed by atoms with Crippen molar-refractivity contribution < 1.29 is 4.74 Å². The van der Waals surface area contributed by atoms with Crippen LogP contribution in [0.5, 0.6) is 0 Å². The quantitative estimate of drug-likeness (QED) is 0.751. The standard InChI is InChI=1S/C15H24IN3O/c1-4-8-11-12(16)13(17-3)19-14(18-11)15(20-5-2)9-6-7-10-15/h4-10H2,1-3H3,(H,17,18,19). The lowest BCUT2D eigenvalue weighted by Gasteiger charge is -2.28. The van der Waals surface area contributed by atoms with E-state index in [0.29, 0.717) is 6.61 Å². The van der Waals surface area contributed by atoms with E-state index in [2.05, 4.69) is 41.8 Å². The molecule has 0 radical (unpaired) electrons. The molecule has 1 aliphatic carbocycles. The first-order valence-corrected chi connectivity index (χ1v) is 8.63. The molecule has 1 saturated carbocycles. The molecule has 1 N–H and O–H groups in total. The zero-order valence-corrected chi connectivity index (χ0v) is 14.8. The molecule has 0 aliphatic heterocycles. The number of aromatic nitrogens is 2. The average Bonchev–Trinajstić information content (AvgIpc) is 2.91. The molecule has 0 saturated heterocycles. The van der Waals surface area contributed by atoms with Crippen molar-refractivity contribution in [3.8, 4) is 0 Å². The number of hydrogen-bond acceptors (Lipinski definition) is 4. The average molecular weight is 389 g/mol. The maximum absolute atomic E-state index is 6.09. The lowest BCUT2D eigenvalue weighted by atomic mass is 10.0. The van der Waals surface area contributed by atoms with Crippen LogP contribution in [-0.2, 0) is 16.8 Å². The van der Waals surface area contributed by atoms with Gasteiger partial charge in [-0.15, -0.1) is 0 Å². The predicted molar refractivity (Wildman–Crippen MR) is 90.1 cm³/mol. The normalized spacial score (nSPS) is 17.4. The Morgan fingerprint density at radius 3 is 2.50 bits per heavy atom. The Morgan fingerprint density at radius 1 is 1.25 bits per heavy atom. The Morgan fingerprint density at radius 2 is 1.95 bits per heavy atom. The molecule has 2 rings (SSSR count). The van der Waals surface area contributed by atoms with Gasteiger partial charge in [-0.1, -0.05) is 13.3 Å². The molecule has 1 aromatic heterocycles. The summed E-state index contributed by atoms with van der Waals surface area (Å²) in [6.07, 6.45) is 6.56. The van der Waals surface area contributed by atoms with Gasteiger partial charge in [0.15, 0.2) is 5.82 Å². The third-order valence-corrected chi connectivity index (χ3v) is 5.02. The molecule has 1 fully saturated rings. The van der Waals surface area contributed by atoms with Crippen LogP contribution in [0.4, 0.5) is 5.82 Å². The van der Waals surface area contributed by atoms with Crippen LogP contribution in [0, 0.1) is 3.57 Å². The van der Waals surface area contributed by atoms with Crippen molar-refractivity contribution in [1.29, 1.82) is 0 Å². The summed E-state index contributed by atoms with van der Waals surface area (Å²) in [4.78, 5) is 9.61. The SMILES string of the molecule is CCCc1nc(C2(OCC)CCCC2)nc(NC)c1I. The van der Waals surface area contributed by atoms with E-state index in [1.165, 1.54) is 12.8 Å². The number of nitrogens with zero attached hydrogens (tertiary/aromatic N) is 2. The Labute approximate surface area is 135 Å². The number of nitrogens with one attached hydrogen (secondary N) is 1. The Balaban J connectivity index is 2.46. The Kier molecular flexibility index (Phi) is 5.60. The van der Waals surface area contributed by atoms with Crippen molar-refractivity contribution in [2.45, 2.75) is 58.0 Å². The lowest BCUT2D eigenvalue weighted by molar-refractivity contribution is -0.0457. The summed E-state index contributed by atoms with van der Waals surface area (Å²) < 4.78 is 7.23. The van der Waals surface area contributed by atoms with Crippen LogP contribution in [0.1, 0.15) is 57.5 Å². The van der Waals surface area contributed by atoms with E-state index in [4.69, 9.17) is 14.7 Å². The Bertz CT molecular complexity index is 459. The van der Waals surface area contributed by atoms with E-state index < -0.39 is 0 Å². The van der Waals surface area contributed by atoms with Crippen LogP contribution >= 0.6 is 22.6 Å². The summed E-state index contributed by atoms with van der Waals surface area (Å²) in [6.45, 7) is 4.96. The largest absolute Gasteiger partial charge is 0.372 e. The van der Waals surface area contributed by atoms with Gasteiger partial charge in [0, 0.05) is 13.7 Å². The van der Waals surface area contributed by atoms with Crippen molar-refractivity contribution in [3.63, 3.8) is 0 Å². The van der Waals surface area contributed by atoms with Crippen LogP contribution in [0.15, 0.2) is 0 Å². The lowest BCUT2D eigenvalue weighted by Crippen LogP contribution is -2.30. The third-order valence-electron chi connectivity index (χ3n) is 3.88. The summed E-state index contributed by atoms with van der Waals surface area (Å²) in [6, 6.07) is 0. The van der Waals surface area contributed by atoms with Gasteiger partial charge >= 0.3 is 0 Å². The molecule has 5 heteroatoms. The summed E-state index contributed by atoms with van der Waals surface area (Å²) >= 11 is 2.34. The first-order valence-electron chi connectivity index (χ1n) is 7.55. The van der Waals surface area contributed by atoms with Gasteiger partial charge in [-0.05, 0) is 61.6 Å². The fourth-order valence-corrected chi connectivity index (χ4v) is 3.70. The topological polar surface area (TPSA) is 47.0 Å². The van der Waals surface area contributed by atoms with Gasteiger partial charge in [0.25, 0.3) is 0 Å². The molecule has 0 atom stereocenters. The highest BCUT2D eigenvalue weighted by molar-refractivity contribution is 14.1. The molecular weight excluding hydrogens is 365 g/mol. The van der Waals surface area contributed by atoms with Crippen LogP contribution < -0.4 is 5.32 Å². The van der Waals surface area contributed by atoms with Crippen LogP contribution in [-0.4, -0.2) is 23.6 Å². The van der Waals surface area contributed by atoms with Crippen LogP contribution in [0.25, 0.3) is 0 Å². The maximum Gasteiger partial charge on any atom is 0.162 e.